The van der Waals surface area contributed by atoms with Gasteiger partial charge in [-0.1, -0.05) is 115 Å². The molecule has 0 bridgehead atoms. The van der Waals surface area contributed by atoms with Gasteiger partial charge in [0.25, 0.3) is 0 Å². The summed E-state index contributed by atoms with van der Waals surface area (Å²) in [5, 5.41) is 6.04. The van der Waals surface area contributed by atoms with Crippen LogP contribution in [0.25, 0.3) is 21.2 Å². The normalized spacial score (nSPS) is 20.5. The Labute approximate surface area is 294 Å². The van der Waals surface area contributed by atoms with E-state index in [1.807, 2.05) is 36.4 Å². The number of hydrogen-bond donors (Lipinski definition) is 0. The summed E-state index contributed by atoms with van der Waals surface area (Å²) in [6.45, 7) is 6.69. The minimum absolute atomic E-state index is 0.280. The smallest absolute Gasteiger partial charge is 0.132 e. The molecule has 8 nitrogen and oxygen atoms in total. The molecule has 1 saturated heterocycles. The van der Waals surface area contributed by atoms with Gasteiger partial charge in [-0.2, -0.15) is 0 Å². The molecule has 49 heavy (non-hydrogen) atoms. The van der Waals surface area contributed by atoms with Crippen molar-refractivity contribution in [1.29, 1.82) is 0 Å². The minimum Gasteiger partial charge on any atom is -0.377 e. The first-order chi connectivity index (χ1) is 24.2. The molecule has 0 N–H and O–H groups in total. The molecule has 1 fully saturated rings. The summed E-state index contributed by atoms with van der Waals surface area (Å²) in [5.41, 5.74) is 11.6. The third kappa shape index (κ3) is 11.7. The number of nitrogens with zero attached hydrogens (tertiary/aromatic N) is 3. The van der Waals surface area contributed by atoms with Gasteiger partial charge < -0.3 is 23.7 Å². The van der Waals surface area contributed by atoms with Gasteiger partial charge in [-0.3, -0.25) is 0 Å². The fourth-order valence-electron chi connectivity index (χ4n) is 5.95. The summed E-state index contributed by atoms with van der Waals surface area (Å²) in [5.74, 6) is 0.873. The van der Waals surface area contributed by atoms with E-state index in [0.29, 0.717) is 46.0 Å². The quantitative estimate of drug-likeness (QED) is 0.0286. The van der Waals surface area contributed by atoms with E-state index in [2.05, 4.69) is 83.3 Å². The van der Waals surface area contributed by atoms with Gasteiger partial charge >= 0.3 is 0 Å². The van der Waals surface area contributed by atoms with Crippen LogP contribution in [0.2, 0.25) is 0 Å². The summed E-state index contributed by atoms with van der Waals surface area (Å²) in [6.07, 6.45) is 3.73. The molecule has 0 radical (unpaired) electrons. The van der Waals surface area contributed by atoms with Gasteiger partial charge in [-0.05, 0) is 64.1 Å². The molecule has 4 aromatic carbocycles. The van der Waals surface area contributed by atoms with Gasteiger partial charge in [0.1, 0.15) is 23.7 Å². The third-order valence-electron chi connectivity index (χ3n) is 8.45. The second kappa shape index (κ2) is 20.8. The molecule has 258 valence electrons. The zero-order chi connectivity index (χ0) is 33.9. The fourth-order valence-corrected chi connectivity index (χ4v) is 7.20. The molecule has 1 aliphatic rings. The van der Waals surface area contributed by atoms with Crippen molar-refractivity contribution in [2.45, 2.75) is 75.4 Å². The highest BCUT2D eigenvalue weighted by Crippen LogP contribution is 2.36. The summed E-state index contributed by atoms with van der Waals surface area (Å²) in [6, 6.07) is 35.1. The Morgan fingerprint density at radius 3 is 2.18 bits per heavy atom. The van der Waals surface area contributed by atoms with Crippen LogP contribution < -0.4 is 0 Å². The van der Waals surface area contributed by atoms with Gasteiger partial charge in [-0.25, -0.2) is 0 Å². The molecule has 5 atom stereocenters. The molecule has 0 saturated carbocycles. The number of hydrogen-bond acceptors (Lipinski definition) is 7. The van der Waals surface area contributed by atoms with Crippen LogP contribution in [-0.4, -0.2) is 55.4 Å². The summed E-state index contributed by atoms with van der Waals surface area (Å²) < 4.78 is 33.1. The number of ether oxygens (including phenoxy) is 5. The Hall–Kier alpha value is -3.66. The number of unbranched alkanes of at least 4 members (excludes halogenated alkanes) is 2. The Morgan fingerprint density at radius 1 is 0.735 bits per heavy atom. The summed E-state index contributed by atoms with van der Waals surface area (Å²) in [7, 11) is 0. The van der Waals surface area contributed by atoms with E-state index < -0.39 is 18.3 Å². The zero-order valence-corrected chi connectivity index (χ0v) is 28.9. The van der Waals surface area contributed by atoms with E-state index in [0.717, 1.165) is 41.7 Å². The van der Waals surface area contributed by atoms with E-state index >= 15 is 0 Å². The molecular weight excluding hydrogens is 635 g/mol. The number of fused-ring (bicyclic) bond motifs is 1. The molecule has 0 amide bonds. The molecule has 1 heterocycles. The van der Waals surface area contributed by atoms with E-state index in [-0.39, 0.29) is 11.5 Å². The van der Waals surface area contributed by atoms with Crippen LogP contribution in [0, 0.1) is 0 Å². The van der Waals surface area contributed by atoms with Gasteiger partial charge in [0, 0.05) is 18.1 Å². The number of thioether (sulfide) groups is 1. The Morgan fingerprint density at radius 2 is 1.43 bits per heavy atom. The van der Waals surface area contributed by atoms with E-state index in [4.69, 9.17) is 29.2 Å². The Bertz CT molecular complexity index is 1590. The van der Waals surface area contributed by atoms with E-state index in [1.54, 1.807) is 17.8 Å². The van der Waals surface area contributed by atoms with Gasteiger partial charge in [0.2, 0.25) is 0 Å². The first-order valence-electron chi connectivity index (χ1n) is 17.1. The number of benzene rings is 4. The summed E-state index contributed by atoms with van der Waals surface area (Å²) >= 11 is 1.75. The van der Waals surface area contributed by atoms with Crippen molar-refractivity contribution in [3.8, 4) is 0 Å². The third-order valence-corrected chi connectivity index (χ3v) is 9.68. The first kappa shape index (κ1) is 36.6. The van der Waals surface area contributed by atoms with Crippen LogP contribution in [0.1, 0.15) is 42.4 Å². The van der Waals surface area contributed by atoms with Crippen LogP contribution in [0.15, 0.2) is 121 Å². The number of rotatable bonds is 21. The standard InChI is InChI=1S/C40H47N3O5S/c1-2-24-45-38-37(46-29-32-16-8-4-9-17-32)36(22-25-44-28-31-14-6-3-7-15-31)48-40(49-26-13-5-12-23-42-43-41)39(38)47-30-33-20-21-34-18-10-11-19-35(34)27-33/h2-4,6-11,14-21,27,36-40H,1,5,12-13,22-26,28-30H2/t36-,37-,38+,39+,40-/m1/s1. The summed E-state index contributed by atoms with van der Waals surface area (Å²) in [4.78, 5) is 2.87. The van der Waals surface area contributed by atoms with Crippen molar-refractivity contribution in [3.05, 3.63) is 143 Å². The van der Waals surface area contributed by atoms with Gasteiger partial charge in [0.15, 0.2) is 0 Å². The molecule has 0 unspecified atom stereocenters. The average molecular weight is 682 g/mol. The lowest BCUT2D eigenvalue weighted by atomic mass is 9.96. The van der Waals surface area contributed by atoms with Crippen LogP contribution in [0.5, 0.6) is 0 Å². The van der Waals surface area contributed by atoms with Crippen LogP contribution in [0.3, 0.4) is 0 Å². The minimum atomic E-state index is -0.405. The number of azide groups is 1. The van der Waals surface area contributed by atoms with Crippen molar-refractivity contribution < 1.29 is 23.7 Å². The molecule has 0 aromatic heterocycles. The lowest BCUT2D eigenvalue weighted by Crippen LogP contribution is -2.59. The van der Waals surface area contributed by atoms with E-state index in [1.165, 1.54) is 10.8 Å². The molecule has 9 heteroatoms. The second-order valence-corrected chi connectivity index (χ2v) is 13.3. The largest absolute Gasteiger partial charge is 0.377 e. The molecule has 4 aromatic rings. The molecule has 5 rings (SSSR count). The van der Waals surface area contributed by atoms with Crippen LogP contribution in [0.4, 0.5) is 0 Å². The van der Waals surface area contributed by atoms with Crippen molar-refractivity contribution in [2.75, 3.05) is 25.5 Å². The van der Waals surface area contributed by atoms with Crippen molar-refractivity contribution in [3.63, 3.8) is 0 Å². The highest BCUT2D eigenvalue weighted by Gasteiger charge is 2.48. The topological polar surface area (TPSA) is 94.9 Å². The van der Waals surface area contributed by atoms with Crippen LogP contribution in [-0.2, 0) is 43.5 Å². The predicted octanol–water partition coefficient (Wildman–Crippen LogP) is 9.43. The van der Waals surface area contributed by atoms with E-state index in [9.17, 15) is 0 Å². The SMILES string of the molecule is C=CCO[C@@H]1[C@H](OCc2ccc3ccccc3c2)[C@@H](SCCCCCN=[N+]=[N-])O[C@H](CCOCc2ccccc2)[C@H]1OCc1ccccc1. The Kier molecular flexibility index (Phi) is 15.5. The van der Waals surface area contributed by atoms with Crippen molar-refractivity contribution in [2.24, 2.45) is 5.11 Å². The molecular formula is C40H47N3O5S. The highest BCUT2D eigenvalue weighted by atomic mass is 32.2. The maximum atomic E-state index is 8.61. The van der Waals surface area contributed by atoms with Gasteiger partial charge in [0.05, 0.1) is 32.5 Å². The molecule has 0 aliphatic carbocycles. The second-order valence-electron chi connectivity index (χ2n) is 12.1. The lowest BCUT2D eigenvalue weighted by molar-refractivity contribution is -0.244. The molecule has 1 aliphatic heterocycles. The van der Waals surface area contributed by atoms with Gasteiger partial charge in [-0.15, -0.1) is 18.3 Å². The predicted molar refractivity (Wildman–Crippen MR) is 197 cm³/mol. The van der Waals surface area contributed by atoms with Crippen molar-refractivity contribution in [1.82, 2.24) is 0 Å². The monoisotopic (exact) mass is 681 g/mol. The fraction of sp³-hybridized carbons (Fsp3) is 0.400. The first-order valence-corrected chi connectivity index (χ1v) is 18.2. The average Bonchev–Trinajstić information content (AvgIpc) is 3.15. The lowest BCUT2D eigenvalue weighted by Gasteiger charge is -2.46. The highest BCUT2D eigenvalue weighted by molar-refractivity contribution is 7.99. The van der Waals surface area contributed by atoms with Crippen LogP contribution >= 0.6 is 11.8 Å². The maximum Gasteiger partial charge on any atom is 0.132 e. The van der Waals surface area contributed by atoms with Crippen molar-refractivity contribution >= 4 is 22.5 Å². The maximum absolute atomic E-state index is 8.61. The molecule has 0 spiro atoms. The zero-order valence-electron chi connectivity index (χ0n) is 28.1. The Balaban J connectivity index is 1.35.